The molecule has 0 aliphatic carbocycles. The van der Waals surface area contributed by atoms with Gasteiger partial charge in [-0.05, 0) is 37.8 Å². The molecule has 0 saturated carbocycles. The molecule has 0 heterocycles. The lowest BCUT2D eigenvalue weighted by atomic mass is 10.4. The van der Waals surface area contributed by atoms with Gasteiger partial charge in [-0.15, -0.1) is 0 Å². The van der Waals surface area contributed by atoms with Gasteiger partial charge in [-0.1, -0.05) is 13.3 Å². The van der Waals surface area contributed by atoms with E-state index in [0.717, 1.165) is 0 Å². The van der Waals surface area contributed by atoms with E-state index in [0.29, 0.717) is 0 Å². The van der Waals surface area contributed by atoms with Gasteiger partial charge in [0, 0.05) is 0 Å². The van der Waals surface area contributed by atoms with Crippen LogP contribution in [0.1, 0.15) is 19.8 Å². The normalized spacial score (nSPS) is 14.0. The van der Waals surface area contributed by atoms with Crippen LogP contribution in [0.15, 0.2) is 0 Å². The molecular formula is C8H22OSSi. The Balaban J connectivity index is 3.61. The van der Waals surface area contributed by atoms with Gasteiger partial charge in [0.1, 0.15) is 0 Å². The van der Waals surface area contributed by atoms with Crippen molar-refractivity contribution in [2.45, 2.75) is 32.9 Å². The van der Waals surface area contributed by atoms with Crippen molar-refractivity contribution in [2.75, 3.05) is 18.3 Å². The second kappa shape index (κ2) is 5.22. The molecule has 3 heteroatoms. The third-order valence-corrected chi connectivity index (χ3v) is 6.34. The smallest absolute Gasteiger partial charge is 0.187 e. The van der Waals surface area contributed by atoms with Crippen molar-refractivity contribution in [3.8, 4) is 0 Å². The Kier molecular flexibility index (Phi) is 5.47. The van der Waals surface area contributed by atoms with Crippen molar-refractivity contribution >= 4 is 19.3 Å². The molecule has 1 nitrogen and oxygen atoms in total. The topological polar surface area (TPSA) is 9.23 Å². The van der Waals surface area contributed by atoms with Gasteiger partial charge < -0.3 is 3.87 Å². The fourth-order valence-electron chi connectivity index (χ4n) is 1.06. The van der Waals surface area contributed by atoms with Crippen LogP contribution in [0.5, 0.6) is 0 Å². The Labute approximate surface area is 74.8 Å². The minimum absolute atomic E-state index is 0.681. The highest BCUT2D eigenvalue weighted by Crippen LogP contribution is 2.42. The predicted octanol–water partition coefficient (Wildman–Crippen LogP) is 2.77. The van der Waals surface area contributed by atoms with Crippen molar-refractivity contribution in [2.24, 2.45) is 0 Å². The highest BCUT2D eigenvalue weighted by atomic mass is 32.3. The Morgan fingerprint density at radius 3 is 2.18 bits per heavy atom. The maximum atomic E-state index is 5.96. The zero-order chi connectivity index (χ0) is 8.91. The fraction of sp³-hybridized carbons (Fsp3) is 1.00. The lowest BCUT2D eigenvalue weighted by Gasteiger charge is -2.33. The molecule has 11 heavy (non-hydrogen) atoms. The summed E-state index contributed by atoms with van der Waals surface area (Å²) in [7, 11) is -1.48. The first-order valence-corrected chi connectivity index (χ1v) is 9.69. The van der Waals surface area contributed by atoms with E-state index in [1.807, 2.05) is 0 Å². The zero-order valence-electron chi connectivity index (χ0n) is 8.52. The van der Waals surface area contributed by atoms with Gasteiger partial charge in [-0.25, -0.2) is 0 Å². The van der Waals surface area contributed by atoms with Crippen LogP contribution in [-0.2, 0) is 3.87 Å². The van der Waals surface area contributed by atoms with Crippen molar-refractivity contribution < 1.29 is 3.87 Å². The molecule has 0 aromatic heterocycles. The summed E-state index contributed by atoms with van der Waals surface area (Å²) in [5, 5.41) is 0. The first kappa shape index (κ1) is 11.5. The average molecular weight is 194 g/mol. The van der Waals surface area contributed by atoms with Crippen LogP contribution >= 0.6 is 10.3 Å². The molecule has 0 N–H and O–H groups in total. The Bertz CT molecular complexity index is 104. The second-order valence-corrected chi connectivity index (χ2v) is 9.79. The summed E-state index contributed by atoms with van der Waals surface area (Å²) in [6.45, 7) is 6.74. The molecule has 0 atom stereocenters. The SMILES string of the molecule is CCCCS(C)(C)O[SiH](C)C. The van der Waals surface area contributed by atoms with E-state index in [2.05, 4.69) is 32.5 Å². The van der Waals surface area contributed by atoms with Gasteiger partial charge in [0.2, 0.25) is 0 Å². The Morgan fingerprint density at radius 2 is 1.82 bits per heavy atom. The van der Waals surface area contributed by atoms with Crippen molar-refractivity contribution in [3.63, 3.8) is 0 Å². The van der Waals surface area contributed by atoms with E-state index in [1.165, 1.54) is 18.6 Å². The second-order valence-electron chi connectivity index (χ2n) is 3.64. The summed E-state index contributed by atoms with van der Waals surface area (Å²) in [6.07, 6.45) is 7.19. The van der Waals surface area contributed by atoms with Gasteiger partial charge in [0.25, 0.3) is 0 Å². The van der Waals surface area contributed by atoms with E-state index >= 15 is 0 Å². The van der Waals surface area contributed by atoms with Crippen molar-refractivity contribution in [3.05, 3.63) is 0 Å². The molecule has 0 aliphatic rings. The van der Waals surface area contributed by atoms with Crippen molar-refractivity contribution in [1.29, 1.82) is 0 Å². The predicted molar refractivity (Wildman–Crippen MR) is 59.2 cm³/mol. The molecule has 70 valence electrons. The summed E-state index contributed by atoms with van der Waals surface area (Å²) in [6, 6.07) is 0. The monoisotopic (exact) mass is 194 g/mol. The summed E-state index contributed by atoms with van der Waals surface area (Å²) in [5.74, 6) is 1.29. The summed E-state index contributed by atoms with van der Waals surface area (Å²) < 4.78 is 5.96. The molecule has 0 radical (unpaired) electrons. The van der Waals surface area contributed by atoms with E-state index in [-0.39, 0.29) is 0 Å². The molecule has 0 saturated heterocycles. The third kappa shape index (κ3) is 6.91. The number of hydrogen-bond acceptors (Lipinski definition) is 1. The minimum Gasteiger partial charge on any atom is -0.381 e. The lowest BCUT2D eigenvalue weighted by molar-refractivity contribution is 0.650. The van der Waals surface area contributed by atoms with E-state index in [9.17, 15) is 0 Å². The molecule has 0 unspecified atom stereocenters. The summed E-state index contributed by atoms with van der Waals surface area (Å²) in [5.41, 5.74) is 0. The zero-order valence-corrected chi connectivity index (χ0v) is 10.5. The molecular weight excluding hydrogens is 172 g/mol. The maximum absolute atomic E-state index is 5.96. The molecule has 0 aromatic carbocycles. The van der Waals surface area contributed by atoms with E-state index < -0.39 is 19.3 Å². The highest BCUT2D eigenvalue weighted by Gasteiger charge is 2.12. The van der Waals surface area contributed by atoms with E-state index in [4.69, 9.17) is 3.87 Å². The molecule has 0 fully saturated rings. The molecule has 0 spiro atoms. The number of unbranched alkanes of at least 4 members (excludes halogenated alkanes) is 1. The minimum atomic E-state index is -0.801. The van der Waals surface area contributed by atoms with Crippen LogP contribution < -0.4 is 0 Å². The Hall–Kier alpha value is 0.527. The molecule has 0 aromatic rings. The van der Waals surface area contributed by atoms with Crippen molar-refractivity contribution in [1.82, 2.24) is 0 Å². The van der Waals surface area contributed by atoms with Gasteiger partial charge in [0.15, 0.2) is 9.04 Å². The molecule has 0 amide bonds. The van der Waals surface area contributed by atoms with Crippen LogP contribution in [0.3, 0.4) is 0 Å². The van der Waals surface area contributed by atoms with Gasteiger partial charge in [-0.2, -0.15) is 10.3 Å². The van der Waals surface area contributed by atoms with Crippen LogP contribution in [0.25, 0.3) is 0 Å². The quantitative estimate of drug-likeness (QED) is 0.612. The standard InChI is InChI=1S/C8H22OSSi/c1-6-7-8-10(2,3)9-11(4)5/h11H,6-8H2,1-5H3. The summed E-state index contributed by atoms with van der Waals surface area (Å²) in [4.78, 5) is 0. The van der Waals surface area contributed by atoms with Crippen LogP contribution in [-0.4, -0.2) is 27.3 Å². The van der Waals surface area contributed by atoms with Crippen LogP contribution in [0.4, 0.5) is 0 Å². The van der Waals surface area contributed by atoms with Gasteiger partial charge in [-0.3, -0.25) is 0 Å². The average Bonchev–Trinajstić information content (AvgIpc) is 1.81. The first-order chi connectivity index (χ1) is 4.98. The van der Waals surface area contributed by atoms with Crippen LogP contribution in [0, 0.1) is 0 Å². The molecule has 0 rings (SSSR count). The number of rotatable bonds is 5. The molecule has 0 aliphatic heterocycles. The summed E-state index contributed by atoms with van der Waals surface area (Å²) >= 11 is 0. The highest BCUT2D eigenvalue weighted by molar-refractivity contribution is 8.29. The lowest BCUT2D eigenvalue weighted by Crippen LogP contribution is -2.14. The third-order valence-electron chi connectivity index (χ3n) is 1.44. The first-order valence-electron chi connectivity index (χ1n) is 4.37. The van der Waals surface area contributed by atoms with E-state index in [1.54, 1.807) is 0 Å². The van der Waals surface area contributed by atoms with Gasteiger partial charge >= 0.3 is 0 Å². The van der Waals surface area contributed by atoms with Crippen LogP contribution in [0.2, 0.25) is 13.1 Å². The number of hydrogen-bond donors (Lipinski definition) is 0. The van der Waals surface area contributed by atoms with Gasteiger partial charge in [0.05, 0.1) is 0 Å². The largest absolute Gasteiger partial charge is 0.381 e. The molecule has 0 bridgehead atoms. The Morgan fingerprint density at radius 1 is 1.27 bits per heavy atom. The maximum Gasteiger partial charge on any atom is 0.187 e. The fourth-order valence-corrected chi connectivity index (χ4v) is 6.60.